The van der Waals surface area contributed by atoms with Crippen LogP contribution in [0.1, 0.15) is 66.1 Å². The number of fused-ring (bicyclic) bond motifs is 4. The van der Waals surface area contributed by atoms with Crippen molar-refractivity contribution >= 4 is 32.7 Å². The van der Waals surface area contributed by atoms with Crippen LogP contribution in [0.5, 0.6) is 0 Å². The van der Waals surface area contributed by atoms with Crippen molar-refractivity contribution < 1.29 is 53.6 Å². The predicted octanol–water partition coefficient (Wildman–Crippen LogP) is 6.19. The number of benzene rings is 2. The minimum absolute atomic E-state index is 0.00741. The lowest BCUT2D eigenvalue weighted by Crippen LogP contribution is -2.35. The Balaban J connectivity index is 1.36. The molecular formula is C36H29F7N6O5S. The van der Waals surface area contributed by atoms with E-state index >= 15 is 8.78 Å². The third-order valence-corrected chi connectivity index (χ3v) is 9.58. The molecule has 1 amide bonds. The van der Waals surface area contributed by atoms with E-state index in [0.29, 0.717) is 10.7 Å². The molecule has 5 aromatic rings. The van der Waals surface area contributed by atoms with Crippen LogP contribution in [-0.2, 0) is 39.9 Å². The van der Waals surface area contributed by atoms with Gasteiger partial charge in [0.25, 0.3) is 5.92 Å². The van der Waals surface area contributed by atoms with E-state index in [-0.39, 0.29) is 51.3 Å². The Morgan fingerprint density at radius 2 is 1.82 bits per heavy atom. The Morgan fingerprint density at radius 3 is 2.47 bits per heavy atom. The highest BCUT2D eigenvalue weighted by molar-refractivity contribution is 7.92. The Labute approximate surface area is 308 Å². The van der Waals surface area contributed by atoms with E-state index in [1.807, 2.05) is 0 Å². The summed E-state index contributed by atoms with van der Waals surface area (Å²) in [7, 11) is -3.81. The van der Waals surface area contributed by atoms with Gasteiger partial charge in [-0.3, -0.25) is 14.2 Å². The number of nitrogens with zero attached hydrogens (tertiary/aromatic N) is 4. The van der Waals surface area contributed by atoms with Crippen LogP contribution in [-0.4, -0.2) is 51.2 Å². The number of anilines is 1. The summed E-state index contributed by atoms with van der Waals surface area (Å²) in [4.78, 5) is 18.4. The molecule has 55 heavy (non-hydrogen) atoms. The standard InChI is InChI=1S/C36H29F7N6O5S/c1-34(2,51)10-9-20-7-8-21(22-5-4-6-23-30(22)54-47-33(23)48-55(3,52)53)29(44-20)26(13-17-11-18(37)14-19(38)12-17)45-27(50)16-49-32-28(31(46-49)36(41,42)43)24-15-25(24)35(32,39)40/h4-8,11-12,14,24-26,51H,13,15-16H2,1-3H3,(H,45,50)(H,47,48)/t24-,25?,26-/m0/s1. The number of pyridine rings is 1. The van der Waals surface area contributed by atoms with E-state index in [0.717, 1.165) is 18.4 Å². The molecule has 288 valence electrons. The summed E-state index contributed by atoms with van der Waals surface area (Å²) >= 11 is 0. The molecule has 0 radical (unpaired) electrons. The van der Waals surface area contributed by atoms with Crippen molar-refractivity contribution in [3.8, 4) is 23.0 Å². The second-order valence-corrected chi connectivity index (χ2v) is 15.7. The first kappa shape index (κ1) is 37.8. The van der Waals surface area contributed by atoms with Crippen LogP contribution in [0, 0.1) is 29.4 Å². The zero-order valence-corrected chi connectivity index (χ0v) is 29.7. The quantitative estimate of drug-likeness (QED) is 0.118. The van der Waals surface area contributed by atoms with Crippen LogP contribution in [0.3, 0.4) is 0 Å². The first-order valence-electron chi connectivity index (χ1n) is 16.5. The third-order valence-electron chi connectivity index (χ3n) is 9.01. The lowest BCUT2D eigenvalue weighted by Gasteiger charge is -2.23. The van der Waals surface area contributed by atoms with Gasteiger partial charge < -0.3 is 14.9 Å². The summed E-state index contributed by atoms with van der Waals surface area (Å²) in [5, 5.41) is 20.3. The van der Waals surface area contributed by atoms with E-state index in [2.05, 4.69) is 37.1 Å². The van der Waals surface area contributed by atoms with Crippen LogP contribution in [0.25, 0.3) is 22.1 Å². The third kappa shape index (κ3) is 7.60. The van der Waals surface area contributed by atoms with Crippen molar-refractivity contribution in [1.29, 1.82) is 0 Å². The first-order chi connectivity index (χ1) is 25.6. The molecule has 2 aromatic carbocycles. The van der Waals surface area contributed by atoms with Crippen LogP contribution >= 0.6 is 0 Å². The number of halogens is 7. The average Bonchev–Trinajstić information content (AvgIpc) is 3.54. The van der Waals surface area contributed by atoms with Gasteiger partial charge >= 0.3 is 6.18 Å². The SMILES string of the molecule is CC(C)(O)C#Cc1ccc(-c2cccc3c(NS(C)(=O)=O)noc23)c([C@H](Cc2cc(F)cc(F)c2)NC(=O)Cn2nc(C(F)(F)F)c3c2C(F)(F)C2C[C@H]32)n1. The fourth-order valence-electron chi connectivity index (χ4n) is 6.83. The van der Waals surface area contributed by atoms with Crippen molar-refractivity contribution in [3.05, 3.63) is 94.1 Å². The number of alkyl halides is 5. The lowest BCUT2D eigenvalue weighted by atomic mass is 9.94. The second-order valence-electron chi connectivity index (χ2n) is 14.0. The fourth-order valence-corrected chi connectivity index (χ4v) is 7.33. The number of rotatable bonds is 9. The Morgan fingerprint density at radius 1 is 1.11 bits per heavy atom. The number of carbonyl (C=O) groups is 1. The molecule has 2 aliphatic carbocycles. The maximum Gasteiger partial charge on any atom is 0.435 e. The monoisotopic (exact) mass is 790 g/mol. The zero-order valence-electron chi connectivity index (χ0n) is 28.9. The zero-order chi connectivity index (χ0) is 39.8. The smallest absolute Gasteiger partial charge is 0.378 e. The molecule has 2 aliphatic rings. The van der Waals surface area contributed by atoms with E-state index in [1.54, 1.807) is 6.07 Å². The van der Waals surface area contributed by atoms with Crippen molar-refractivity contribution in [1.82, 2.24) is 25.2 Å². The number of hydrogen-bond donors (Lipinski definition) is 3. The molecule has 3 heterocycles. The molecule has 0 spiro atoms. The van der Waals surface area contributed by atoms with Gasteiger partial charge in [-0.15, -0.1) is 0 Å². The van der Waals surface area contributed by atoms with E-state index < -0.39 is 93.1 Å². The number of sulfonamides is 1. The number of aliphatic hydroxyl groups is 1. The molecule has 1 saturated carbocycles. The number of nitrogens with one attached hydrogen (secondary N) is 2. The number of para-hydroxylation sites is 1. The lowest BCUT2D eigenvalue weighted by molar-refractivity contribution is -0.142. The number of aromatic nitrogens is 4. The molecule has 0 aliphatic heterocycles. The van der Waals surface area contributed by atoms with Crippen molar-refractivity contribution in [2.75, 3.05) is 11.0 Å². The summed E-state index contributed by atoms with van der Waals surface area (Å²) in [5.74, 6) is -3.98. The Bertz CT molecular complexity index is 2530. The van der Waals surface area contributed by atoms with Gasteiger partial charge in [0.15, 0.2) is 17.1 Å². The van der Waals surface area contributed by atoms with Crippen molar-refractivity contribution in [3.63, 3.8) is 0 Å². The van der Waals surface area contributed by atoms with Gasteiger partial charge in [-0.05, 0) is 74.4 Å². The van der Waals surface area contributed by atoms with Gasteiger partial charge in [-0.1, -0.05) is 23.2 Å². The molecule has 11 nitrogen and oxygen atoms in total. The van der Waals surface area contributed by atoms with Gasteiger partial charge in [-0.2, -0.15) is 27.1 Å². The largest absolute Gasteiger partial charge is 0.435 e. The van der Waals surface area contributed by atoms with E-state index in [9.17, 15) is 40.3 Å². The highest BCUT2D eigenvalue weighted by Gasteiger charge is 2.68. The van der Waals surface area contributed by atoms with E-state index in [4.69, 9.17) is 4.52 Å². The molecule has 1 fully saturated rings. The fraction of sp³-hybridized carbons (Fsp3) is 0.333. The van der Waals surface area contributed by atoms with Gasteiger partial charge in [-0.25, -0.2) is 22.2 Å². The van der Waals surface area contributed by atoms with Crippen LogP contribution in [0.2, 0.25) is 0 Å². The Kier molecular flexibility index (Phi) is 9.00. The maximum absolute atomic E-state index is 15.3. The number of hydrogen-bond acceptors (Lipinski definition) is 8. The molecule has 3 N–H and O–H groups in total. The van der Waals surface area contributed by atoms with Crippen molar-refractivity contribution in [2.45, 2.75) is 62.9 Å². The van der Waals surface area contributed by atoms with Gasteiger partial charge in [0.05, 0.1) is 23.4 Å². The molecular weight excluding hydrogens is 761 g/mol. The van der Waals surface area contributed by atoms with Gasteiger partial charge in [0, 0.05) is 28.7 Å². The Hall–Kier alpha value is -5.48. The molecule has 0 bridgehead atoms. The van der Waals surface area contributed by atoms with Crippen LogP contribution in [0.15, 0.2) is 53.1 Å². The molecule has 7 rings (SSSR count). The summed E-state index contributed by atoms with van der Waals surface area (Å²) in [6, 6.07) is 8.69. The second kappa shape index (κ2) is 13.1. The molecule has 3 atom stereocenters. The van der Waals surface area contributed by atoms with E-state index in [1.165, 1.54) is 38.1 Å². The minimum Gasteiger partial charge on any atom is -0.378 e. The highest BCUT2D eigenvalue weighted by Crippen LogP contribution is 2.68. The van der Waals surface area contributed by atoms with Gasteiger partial charge in [0.1, 0.15) is 35.2 Å². The van der Waals surface area contributed by atoms with Crippen LogP contribution < -0.4 is 10.0 Å². The highest BCUT2D eigenvalue weighted by atomic mass is 32.2. The molecule has 3 aromatic heterocycles. The molecule has 19 heteroatoms. The summed E-state index contributed by atoms with van der Waals surface area (Å²) in [5.41, 5.74) is -4.18. The topological polar surface area (TPSA) is 152 Å². The minimum atomic E-state index is -5.08. The first-order valence-corrected chi connectivity index (χ1v) is 18.4. The van der Waals surface area contributed by atoms with Crippen molar-refractivity contribution in [2.24, 2.45) is 5.92 Å². The molecule has 0 saturated heterocycles. The molecule has 1 unspecified atom stereocenters. The van der Waals surface area contributed by atoms with Gasteiger partial charge in [0.2, 0.25) is 15.9 Å². The average molecular weight is 791 g/mol. The van der Waals surface area contributed by atoms with Crippen LogP contribution in [0.4, 0.5) is 36.6 Å². The summed E-state index contributed by atoms with van der Waals surface area (Å²) < 4.78 is 134. The number of carbonyl (C=O) groups excluding carboxylic acids is 1. The normalized spacial score (nSPS) is 17.9. The summed E-state index contributed by atoms with van der Waals surface area (Å²) in [6.45, 7) is 1.73. The summed E-state index contributed by atoms with van der Waals surface area (Å²) in [6.07, 6.45) is -4.73. The maximum atomic E-state index is 15.3. The predicted molar refractivity (Wildman–Crippen MR) is 182 cm³/mol. The number of amides is 1.